The summed E-state index contributed by atoms with van der Waals surface area (Å²) in [5.74, 6) is 0.708. The van der Waals surface area contributed by atoms with E-state index in [9.17, 15) is 0 Å². The third kappa shape index (κ3) is 2.80. The lowest BCUT2D eigenvalue weighted by atomic mass is 9.97. The molecule has 0 saturated carbocycles. The molecule has 0 aliphatic carbocycles. The SMILES string of the molecule is CC1=C([C@H](C)NCCc2c[nH]c3ccccc23)[C@@H](C)n2nnnc2N1. The number of benzene rings is 1. The highest BCUT2D eigenvalue weighted by Gasteiger charge is 2.27. The number of rotatable bonds is 5. The highest BCUT2D eigenvalue weighted by Crippen LogP contribution is 2.30. The molecule has 3 heterocycles. The van der Waals surface area contributed by atoms with Crippen LogP contribution in [0.4, 0.5) is 5.95 Å². The van der Waals surface area contributed by atoms with Gasteiger partial charge in [0, 0.05) is 28.8 Å². The van der Waals surface area contributed by atoms with Crippen LogP contribution < -0.4 is 10.6 Å². The quantitative estimate of drug-likeness (QED) is 0.666. The van der Waals surface area contributed by atoms with E-state index in [1.807, 2.05) is 4.68 Å². The Morgan fingerprint density at radius 1 is 1.32 bits per heavy atom. The van der Waals surface area contributed by atoms with Gasteiger partial charge in [0.1, 0.15) is 0 Å². The van der Waals surface area contributed by atoms with E-state index in [0.29, 0.717) is 5.95 Å². The van der Waals surface area contributed by atoms with Crippen LogP contribution in [0.2, 0.25) is 0 Å². The van der Waals surface area contributed by atoms with Gasteiger partial charge in [-0.2, -0.15) is 0 Å². The van der Waals surface area contributed by atoms with Crippen LogP contribution in [0.15, 0.2) is 41.7 Å². The molecule has 25 heavy (non-hydrogen) atoms. The first-order chi connectivity index (χ1) is 12.1. The Balaban J connectivity index is 1.43. The van der Waals surface area contributed by atoms with Gasteiger partial charge in [0.15, 0.2) is 0 Å². The molecule has 0 saturated heterocycles. The van der Waals surface area contributed by atoms with Gasteiger partial charge in [-0.1, -0.05) is 23.3 Å². The predicted octanol–water partition coefficient (Wildman–Crippen LogP) is 2.64. The summed E-state index contributed by atoms with van der Waals surface area (Å²) in [5.41, 5.74) is 4.96. The highest BCUT2D eigenvalue weighted by molar-refractivity contribution is 5.83. The second-order valence-electron chi connectivity index (χ2n) is 6.61. The summed E-state index contributed by atoms with van der Waals surface area (Å²) < 4.78 is 1.83. The van der Waals surface area contributed by atoms with Crippen LogP contribution in [0.1, 0.15) is 32.4 Å². The van der Waals surface area contributed by atoms with Crippen LogP contribution in [0.5, 0.6) is 0 Å². The molecule has 7 heteroatoms. The molecule has 1 aromatic carbocycles. The van der Waals surface area contributed by atoms with Crippen molar-refractivity contribution < 1.29 is 0 Å². The molecule has 0 unspecified atom stereocenters. The predicted molar refractivity (Wildman–Crippen MR) is 98.3 cm³/mol. The van der Waals surface area contributed by atoms with Gasteiger partial charge in [-0.15, -0.1) is 0 Å². The highest BCUT2D eigenvalue weighted by atomic mass is 15.6. The summed E-state index contributed by atoms with van der Waals surface area (Å²) in [7, 11) is 0. The molecule has 0 fully saturated rings. The smallest absolute Gasteiger partial charge is 0.247 e. The fourth-order valence-corrected chi connectivity index (χ4v) is 3.78. The van der Waals surface area contributed by atoms with Gasteiger partial charge in [-0.05, 0) is 61.4 Å². The summed E-state index contributed by atoms with van der Waals surface area (Å²) in [6.45, 7) is 7.33. The maximum absolute atomic E-state index is 4.09. The van der Waals surface area contributed by atoms with Gasteiger partial charge in [0.05, 0.1) is 6.04 Å². The Bertz CT molecular complexity index is 920. The van der Waals surface area contributed by atoms with Gasteiger partial charge in [0.25, 0.3) is 0 Å². The number of hydrogen-bond acceptors (Lipinski definition) is 5. The van der Waals surface area contributed by atoms with Crippen LogP contribution in [-0.2, 0) is 6.42 Å². The number of tetrazole rings is 1. The lowest BCUT2D eigenvalue weighted by Crippen LogP contribution is -2.36. The number of anilines is 1. The number of para-hydroxylation sites is 1. The molecule has 0 amide bonds. The largest absolute Gasteiger partial charge is 0.361 e. The van der Waals surface area contributed by atoms with E-state index >= 15 is 0 Å². The topological polar surface area (TPSA) is 83.5 Å². The Morgan fingerprint density at radius 3 is 3.04 bits per heavy atom. The van der Waals surface area contributed by atoms with E-state index in [1.54, 1.807) is 0 Å². The van der Waals surface area contributed by atoms with Gasteiger partial charge in [0.2, 0.25) is 5.95 Å². The number of aromatic nitrogens is 5. The number of nitrogens with zero attached hydrogens (tertiary/aromatic N) is 4. The van der Waals surface area contributed by atoms with E-state index in [1.165, 1.54) is 22.0 Å². The summed E-state index contributed by atoms with van der Waals surface area (Å²) in [4.78, 5) is 3.34. The van der Waals surface area contributed by atoms with Crippen LogP contribution in [0.3, 0.4) is 0 Å². The van der Waals surface area contributed by atoms with Crippen molar-refractivity contribution in [3.05, 3.63) is 47.3 Å². The van der Waals surface area contributed by atoms with Crippen molar-refractivity contribution in [2.24, 2.45) is 0 Å². The summed E-state index contributed by atoms with van der Waals surface area (Å²) in [6, 6.07) is 8.81. The maximum Gasteiger partial charge on any atom is 0.247 e. The average molecular weight is 337 g/mol. The first-order valence-electron chi connectivity index (χ1n) is 8.69. The molecule has 0 bridgehead atoms. The molecule has 2 atom stereocenters. The molecule has 3 N–H and O–H groups in total. The number of allylic oxidation sites excluding steroid dienone is 1. The van der Waals surface area contributed by atoms with Gasteiger partial charge < -0.3 is 15.6 Å². The number of fused-ring (bicyclic) bond motifs is 2. The zero-order valence-electron chi connectivity index (χ0n) is 14.7. The molecule has 2 aromatic heterocycles. The number of nitrogens with one attached hydrogen (secondary N) is 3. The minimum Gasteiger partial charge on any atom is -0.361 e. The Kier molecular flexibility index (Phi) is 4.01. The molecule has 1 aliphatic heterocycles. The monoisotopic (exact) mass is 337 g/mol. The molecular weight excluding hydrogens is 314 g/mol. The molecule has 3 aromatic rings. The lowest BCUT2D eigenvalue weighted by Gasteiger charge is -2.30. The van der Waals surface area contributed by atoms with Crippen molar-refractivity contribution in [2.45, 2.75) is 39.3 Å². The first-order valence-corrected chi connectivity index (χ1v) is 8.69. The Morgan fingerprint density at radius 2 is 2.16 bits per heavy atom. The van der Waals surface area contributed by atoms with Gasteiger partial charge in [-0.3, -0.25) is 0 Å². The number of aromatic amines is 1. The fraction of sp³-hybridized carbons (Fsp3) is 0.389. The zero-order valence-corrected chi connectivity index (χ0v) is 14.7. The normalized spacial score (nSPS) is 18.3. The van der Waals surface area contributed by atoms with Crippen molar-refractivity contribution in [3.8, 4) is 0 Å². The first kappa shape index (κ1) is 15.8. The zero-order chi connectivity index (χ0) is 17.4. The van der Waals surface area contributed by atoms with Crippen molar-refractivity contribution in [3.63, 3.8) is 0 Å². The number of hydrogen-bond donors (Lipinski definition) is 3. The molecule has 1 aliphatic rings. The standard InChI is InChI=1S/C18H23N7/c1-11(17-12(2)21-18-22-23-24-25(18)13(17)3)19-9-8-14-10-20-16-7-5-4-6-15(14)16/h4-7,10-11,13,19-20H,8-9H2,1-3H3,(H,21,22,24)/t11-,13+/m0/s1. The third-order valence-electron chi connectivity index (χ3n) is 5.03. The van der Waals surface area contributed by atoms with E-state index in [0.717, 1.165) is 18.7 Å². The van der Waals surface area contributed by atoms with E-state index in [4.69, 9.17) is 0 Å². The molecule has 0 spiro atoms. The van der Waals surface area contributed by atoms with E-state index < -0.39 is 0 Å². The Hall–Kier alpha value is -2.67. The lowest BCUT2D eigenvalue weighted by molar-refractivity contribution is 0.470. The van der Waals surface area contributed by atoms with Crippen molar-refractivity contribution >= 4 is 16.9 Å². The third-order valence-corrected chi connectivity index (χ3v) is 5.03. The van der Waals surface area contributed by atoms with Crippen LogP contribution in [0, 0.1) is 0 Å². The minimum atomic E-state index is 0.141. The number of H-pyrrole nitrogens is 1. The molecule has 4 rings (SSSR count). The second kappa shape index (κ2) is 6.33. The molecular formula is C18H23N7. The van der Waals surface area contributed by atoms with Gasteiger partial charge >= 0.3 is 0 Å². The summed E-state index contributed by atoms with van der Waals surface area (Å²) >= 11 is 0. The van der Waals surface area contributed by atoms with Crippen LogP contribution in [0.25, 0.3) is 10.9 Å². The minimum absolute atomic E-state index is 0.141. The summed E-state index contributed by atoms with van der Waals surface area (Å²) in [5, 5.41) is 20.1. The summed E-state index contributed by atoms with van der Waals surface area (Å²) in [6.07, 6.45) is 3.10. The van der Waals surface area contributed by atoms with E-state index in [-0.39, 0.29) is 12.1 Å². The van der Waals surface area contributed by atoms with Crippen molar-refractivity contribution in [2.75, 3.05) is 11.9 Å². The second-order valence-corrected chi connectivity index (χ2v) is 6.61. The fourth-order valence-electron chi connectivity index (χ4n) is 3.78. The van der Waals surface area contributed by atoms with Crippen LogP contribution in [-0.4, -0.2) is 37.8 Å². The molecule has 130 valence electrons. The van der Waals surface area contributed by atoms with Crippen molar-refractivity contribution in [1.29, 1.82) is 0 Å². The maximum atomic E-state index is 4.09. The Labute approximate surface area is 146 Å². The molecule has 7 nitrogen and oxygen atoms in total. The molecule has 0 radical (unpaired) electrons. The van der Waals surface area contributed by atoms with Crippen molar-refractivity contribution in [1.82, 2.24) is 30.5 Å². The van der Waals surface area contributed by atoms with Crippen LogP contribution >= 0.6 is 0 Å². The average Bonchev–Trinajstić information content (AvgIpc) is 3.22. The van der Waals surface area contributed by atoms with Gasteiger partial charge in [-0.25, -0.2) is 4.68 Å². The van der Waals surface area contributed by atoms with E-state index in [2.05, 4.69) is 82.4 Å².